The van der Waals surface area contributed by atoms with Gasteiger partial charge in [0.05, 0.1) is 24.8 Å². The van der Waals surface area contributed by atoms with E-state index in [0.29, 0.717) is 22.9 Å². The zero-order valence-corrected chi connectivity index (χ0v) is 12.2. The van der Waals surface area contributed by atoms with Crippen LogP contribution in [-0.2, 0) is 4.74 Å². The number of nitrogens with zero attached hydrogens (tertiary/aromatic N) is 2. The molecule has 1 N–H and O–H groups in total. The lowest BCUT2D eigenvalue weighted by molar-refractivity contribution is 0.185. The Kier molecular flexibility index (Phi) is 3.40. The second-order valence-corrected chi connectivity index (χ2v) is 5.57. The van der Waals surface area contributed by atoms with Crippen LogP contribution >= 0.6 is 11.6 Å². The second kappa shape index (κ2) is 5.07. The van der Waals surface area contributed by atoms with Crippen molar-refractivity contribution in [3.63, 3.8) is 0 Å². The summed E-state index contributed by atoms with van der Waals surface area (Å²) in [4.78, 5) is 8.59. The van der Waals surface area contributed by atoms with Crippen LogP contribution in [-0.4, -0.2) is 35.8 Å². The molecule has 1 aliphatic rings. The Balaban J connectivity index is 2.06. The van der Waals surface area contributed by atoms with Gasteiger partial charge in [-0.05, 0) is 25.5 Å². The van der Waals surface area contributed by atoms with E-state index in [1.165, 1.54) is 6.33 Å². The molecule has 0 aliphatic carbocycles. The Morgan fingerprint density at radius 2 is 2.25 bits per heavy atom. The van der Waals surface area contributed by atoms with E-state index in [1.807, 2.05) is 12.1 Å². The van der Waals surface area contributed by atoms with Crippen molar-refractivity contribution >= 4 is 28.3 Å². The largest absolute Gasteiger partial charge is 0.495 e. The summed E-state index contributed by atoms with van der Waals surface area (Å²) >= 11 is 6.30. The highest BCUT2D eigenvalue weighted by atomic mass is 35.5. The number of fused-ring (bicyclic) bond motifs is 1. The third kappa shape index (κ3) is 2.27. The third-order valence-electron chi connectivity index (χ3n) is 3.57. The quantitative estimate of drug-likeness (QED) is 0.943. The first-order valence-electron chi connectivity index (χ1n) is 6.46. The fraction of sp³-hybridized carbons (Fsp3) is 0.429. The van der Waals surface area contributed by atoms with Crippen LogP contribution in [0, 0.1) is 0 Å². The molecule has 20 heavy (non-hydrogen) atoms. The zero-order valence-electron chi connectivity index (χ0n) is 11.4. The minimum absolute atomic E-state index is 0.103. The van der Waals surface area contributed by atoms with Gasteiger partial charge in [0.15, 0.2) is 0 Å². The van der Waals surface area contributed by atoms with E-state index in [9.17, 15) is 0 Å². The summed E-state index contributed by atoms with van der Waals surface area (Å²) in [6, 6.07) is 3.74. The van der Waals surface area contributed by atoms with Crippen LogP contribution in [0.1, 0.15) is 13.3 Å². The standard InChI is InChI=1S/C14H16ClN3O2/c1-14(5-6-20-7-14)18-13-9-3-4-10(19-2)11(15)12(9)16-8-17-13/h3-4,8H,5-7H2,1-2H3,(H,16,17,18). The van der Waals surface area contributed by atoms with Gasteiger partial charge in [-0.3, -0.25) is 0 Å². The molecule has 0 amide bonds. The molecule has 3 rings (SSSR count). The molecular formula is C14H16ClN3O2. The Morgan fingerprint density at radius 1 is 1.40 bits per heavy atom. The Morgan fingerprint density at radius 3 is 2.95 bits per heavy atom. The number of hydrogen-bond donors (Lipinski definition) is 1. The number of ether oxygens (including phenoxy) is 2. The number of nitrogens with one attached hydrogen (secondary N) is 1. The van der Waals surface area contributed by atoms with E-state index in [1.54, 1.807) is 7.11 Å². The molecular weight excluding hydrogens is 278 g/mol. The maximum absolute atomic E-state index is 6.30. The Hall–Kier alpha value is -1.59. The molecule has 6 heteroatoms. The van der Waals surface area contributed by atoms with Crippen molar-refractivity contribution in [2.75, 3.05) is 25.6 Å². The van der Waals surface area contributed by atoms with Crippen LogP contribution in [0.25, 0.3) is 10.9 Å². The molecule has 5 nitrogen and oxygen atoms in total. The van der Waals surface area contributed by atoms with Crippen LogP contribution in [0.2, 0.25) is 5.02 Å². The topological polar surface area (TPSA) is 56.3 Å². The lowest BCUT2D eigenvalue weighted by Crippen LogP contribution is -2.35. The SMILES string of the molecule is COc1ccc2c(NC3(C)CCOC3)ncnc2c1Cl. The van der Waals surface area contributed by atoms with Gasteiger partial charge in [-0.2, -0.15) is 0 Å². The van der Waals surface area contributed by atoms with E-state index in [0.717, 1.165) is 24.2 Å². The summed E-state index contributed by atoms with van der Waals surface area (Å²) in [6.07, 6.45) is 2.46. The molecule has 0 spiro atoms. The smallest absolute Gasteiger partial charge is 0.139 e. The summed E-state index contributed by atoms with van der Waals surface area (Å²) < 4.78 is 10.7. The molecule has 1 saturated heterocycles. The fourth-order valence-electron chi connectivity index (χ4n) is 2.39. The lowest BCUT2D eigenvalue weighted by Gasteiger charge is -2.25. The molecule has 0 radical (unpaired) electrons. The molecule has 106 valence electrons. The van der Waals surface area contributed by atoms with E-state index in [-0.39, 0.29) is 5.54 Å². The number of methoxy groups -OCH3 is 1. The van der Waals surface area contributed by atoms with Gasteiger partial charge in [0.25, 0.3) is 0 Å². The maximum atomic E-state index is 6.30. The van der Waals surface area contributed by atoms with Gasteiger partial charge in [0.2, 0.25) is 0 Å². The number of hydrogen-bond acceptors (Lipinski definition) is 5. The number of benzene rings is 1. The van der Waals surface area contributed by atoms with Gasteiger partial charge in [-0.1, -0.05) is 11.6 Å². The zero-order chi connectivity index (χ0) is 14.2. The summed E-state index contributed by atoms with van der Waals surface area (Å²) in [6.45, 7) is 3.56. The van der Waals surface area contributed by atoms with E-state index < -0.39 is 0 Å². The molecule has 1 aromatic carbocycles. The van der Waals surface area contributed by atoms with Gasteiger partial charge >= 0.3 is 0 Å². The maximum Gasteiger partial charge on any atom is 0.139 e. The van der Waals surface area contributed by atoms with E-state index in [2.05, 4.69) is 22.2 Å². The molecule has 1 unspecified atom stereocenters. The minimum Gasteiger partial charge on any atom is -0.495 e. The van der Waals surface area contributed by atoms with Crippen molar-refractivity contribution in [3.05, 3.63) is 23.5 Å². The van der Waals surface area contributed by atoms with Gasteiger partial charge in [-0.25, -0.2) is 9.97 Å². The highest BCUT2D eigenvalue weighted by Crippen LogP contribution is 2.34. The normalized spacial score (nSPS) is 22.1. The Labute approximate surface area is 122 Å². The van der Waals surface area contributed by atoms with Gasteiger partial charge in [-0.15, -0.1) is 0 Å². The summed E-state index contributed by atoms with van der Waals surface area (Å²) in [5.74, 6) is 1.38. The summed E-state index contributed by atoms with van der Waals surface area (Å²) in [5, 5.41) is 4.83. The molecule has 2 aromatic rings. The summed E-state index contributed by atoms with van der Waals surface area (Å²) in [5.41, 5.74) is 0.583. The Bertz CT molecular complexity index is 642. The monoisotopic (exact) mass is 293 g/mol. The van der Waals surface area contributed by atoms with Crippen molar-refractivity contribution < 1.29 is 9.47 Å². The van der Waals surface area contributed by atoms with Crippen molar-refractivity contribution in [1.82, 2.24) is 9.97 Å². The predicted molar refractivity (Wildman–Crippen MR) is 78.6 cm³/mol. The number of rotatable bonds is 3. The number of aromatic nitrogens is 2. The van der Waals surface area contributed by atoms with Crippen LogP contribution in [0.3, 0.4) is 0 Å². The first-order chi connectivity index (χ1) is 9.63. The fourth-order valence-corrected chi connectivity index (χ4v) is 2.68. The number of anilines is 1. The first kappa shape index (κ1) is 13.4. The highest BCUT2D eigenvalue weighted by Gasteiger charge is 2.30. The van der Waals surface area contributed by atoms with Crippen LogP contribution in [0.4, 0.5) is 5.82 Å². The predicted octanol–water partition coefficient (Wildman–Crippen LogP) is 2.88. The third-order valence-corrected chi connectivity index (χ3v) is 3.93. The lowest BCUT2D eigenvalue weighted by atomic mass is 10.0. The van der Waals surface area contributed by atoms with Crippen LogP contribution in [0.15, 0.2) is 18.5 Å². The van der Waals surface area contributed by atoms with Crippen LogP contribution < -0.4 is 10.1 Å². The van der Waals surface area contributed by atoms with Crippen LogP contribution in [0.5, 0.6) is 5.75 Å². The molecule has 1 atom stereocenters. The van der Waals surface area contributed by atoms with Gasteiger partial charge in [0.1, 0.15) is 22.9 Å². The first-order valence-corrected chi connectivity index (χ1v) is 6.84. The van der Waals surface area contributed by atoms with Gasteiger partial charge in [0, 0.05) is 12.0 Å². The van der Waals surface area contributed by atoms with E-state index >= 15 is 0 Å². The van der Waals surface area contributed by atoms with Crippen molar-refractivity contribution in [1.29, 1.82) is 0 Å². The summed E-state index contributed by atoms with van der Waals surface area (Å²) in [7, 11) is 1.59. The minimum atomic E-state index is -0.103. The molecule has 0 bridgehead atoms. The molecule has 1 aliphatic heterocycles. The molecule has 1 fully saturated rings. The average molecular weight is 294 g/mol. The number of halogens is 1. The molecule has 2 heterocycles. The van der Waals surface area contributed by atoms with E-state index in [4.69, 9.17) is 21.1 Å². The average Bonchev–Trinajstić information content (AvgIpc) is 2.87. The molecule has 1 aromatic heterocycles. The second-order valence-electron chi connectivity index (χ2n) is 5.19. The highest BCUT2D eigenvalue weighted by molar-refractivity contribution is 6.36. The molecule has 0 saturated carbocycles. The van der Waals surface area contributed by atoms with Crippen molar-refractivity contribution in [3.8, 4) is 5.75 Å². The van der Waals surface area contributed by atoms with Gasteiger partial charge < -0.3 is 14.8 Å². The van der Waals surface area contributed by atoms with Crippen molar-refractivity contribution in [2.45, 2.75) is 18.9 Å². The van der Waals surface area contributed by atoms with Crippen molar-refractivity contribution in [2.24, 2.45) is 0 Å².